The second-order valence-corrected chi connectivity index (χ2v) is 8.11. The number of nitrogens with one attached hydrogen (secondary N) is 1. The molecule has 9 nitrogen and oxygen atoms in total. The van der Waals surface area contributed by atoms with Crippen molar-refractivity contribution in [3.05, 3.63) is 48.0 Å². The van der Waals surface area contributed by atoms with E-state index in [1.165, 1.54) is 18.6 Å². The number of aromatic nitrogens is 2. The summed E-state index contributed by atoms with van der Waals surface area (Å²) in [5.74, 6) is -0.379. The highest BCUT2D eigenvalue weighted by atomic mass is 16.5. The summed E-state index contributed by atoms with van der Waals surface area (Å²) in [4.78, 5) is 37.7. The summed E-state index contributed by atoms with van der Waals surface area (Å²) < 4.78 is 6.36. The average Bonchev–Trinajstić information content (AvgIpc) is 2.76. The Labute approximate surface area is 182 Å². The molecule has 2 heterocycles. The fraction of sp³-hybridized carbons (Fsp3) is 0.455. The van der Waals surface area contributed by atoms with Gasteiger partial charge in [0.2, 0.25) is 0 Å². The molecule has 1 aliphatic rings. The summed E-state index contributed by atoms with van der Waals surface area (Å²) >= 11 is 0. The lowest BCUT2D eigenvalue weighted by atomic mass is 9.99. The average molecular weight is 428 g/mol. The molecule has 166 valence electrons. The Kier molecular flexibility index (Phi) is 7.19. The van der Waals surface area contributed by atoms with Crippen LogP contribution in [0.15, 0.2) is 36.8 Å². The molecule has 9 heteroatoms. The van der Waals surface area contributed by atoms with E-state index in [1.54, 1.807) is 23.1 Å². The van der Waals surface area contributed by atoms with Gasteiger partial charge in [0.15, 0.2) is 5.75 Å². The van der Waals surface area contributed by atoms with E-state index in [0.29, 0.717) is 30.1 Å². The van der Waals surface area contributed by atoms with Gasteiger partial charge in [-0.3, -0.25) is 14.6 Å². The van der Waals surface area contributed by atoms with E-state index in [-0.39, 0.29) is 36.3 Å². The Morgan fingerprint density at radius 2 is 2.16 bits per heavy atom. The highest BCUT2D eigenvalue weighted by Crippen LogP contribution is 2.35. The standard InChI is InChI=1S/C22H29N5O4/c1-14-11-27(15(2)13-28)22(30)16-6-5-7-17(20(16)31-19(14)12-26(3)4)25-21(29)18-10-23-8-9-24-18/h5-10,14-15,19,28H,11-13H2,1-4H3,(H,25,29)/t14-,15-,19+/m1/s1. The summed E-state index contributed by atoms with van der Waals surface area (Å²) in [6.45, 7) is 4.77. The molecule has 1 aromatic heterocycles. The third-order valence-electron chi connectivity index (χ3n) is 5.28. The van der Waals surface area contributed by atoms with Crippen molar-refractivity contribution >= 4 is 17.5 Å². The number of likely N-dealkylation sites (N-methyl/N-ethyl adjacent to an activating group) is 1. The summed E-state index contributed by atoms with van der Waals surface area (Å²) in [5.41, 5.74) is 0.884. The number of aliphatic hydroxyl groups excluding tert-OH is 1. The first kappa shape index (κ1) is 22.6. The van der Waals surface area contributed by atoms with E-state index in [0.717, 1.165) is 0 Å². The lowest BCUT2D eigenvalue weighted by molar-refractivity contribution is 0.0365. The lowest BCUT2D eigenvalue weighted by Crippen LogP contribution is -2.49. The quantitative estimate of drug-likeness (QED) is 0.719. The molecular weight excluding hydrogens is 398 g/mol. The molecule has 2 N–H and O–H groups in total. The second kappa shape index (κ2) is 9.84. The summed E-state index contributed by atoms with van der Waals surface area (Å²) in [5, 5.41) is 12.5. The fourth-order valence-electron chi connectivity index (χ4n) is 3.52. The third-order valence-corrected chi connectivity index (χ3v) is 5.28. The van der Waals surface area contributed by atoms with Crippen molar-refractivity contribution in [2.45, 2.75) is 26.0 Å². The Hall–Kier alpha value is -3.04. The smallest absolute Gasteiger partial charge is 0.275 e. The van der Waals surface area contributed by atoms with Gasteiger partial charge < -0.3 is 25.0 Å². The maximum Gasteiger partial charge on any atom is 0.275 e. The molecule has 0 aliphatic carbocycles. The Morgan fingerprint density at radius 1 is 1.39 bits per heavy atom. The number of anilines is 1. The third kappa shape index (κ3) is 5.18. The van der Waals surface area contributed by atoms with Crippen LogP contribution in [0.4, 0.5) is 5.69 Å². The SMILES string of the molecule is C[C@@H]1CN([C@H](C)CO)C(=O)c2cccc(NC(=O)c3cnccn3)c2O[C@H]1CN(C)C. The largest absolute Gasteiger partial charge is 0.486 e. The molecule has 31 heavy (non-hydrogen) atoms. The highest BCUT2D eigenvalue weighted by molar-refractivity contribution is 6.06. The van der Waals surface area contributed by atoms with E-state index < -0.39 is 5.91 Å². The number of benzene rings is 1. The second-order valence-electron chi connectivity index (χ2n) is 8.11. The van der Waals surface area contributed by atoms with Crippen LogP contribution in [0.3, 0.4) is 0 Å². The van der Waals surface area contributed by atoms with Crippen LogP contribution in [0.2, 0.25) is 0 Å². The molecule has 0 spiro atoms. The van der Waals surface area contributed by atoms with Crippen molar-refractivity contribution in [3.63, 3.8) is 0 Å². The molecule has 0 fully saturated rings. The van der Waals surface area contributed by atoms with E-state index in [1.807, 2.05) is 32.8 Å². The minimum Gasteiger partial charge on any atom is -0.486 e. The number of hydrogen-bond acceptors (Lipinski definition) is 7. The van der Waals surface area contributed by atoms with Gasteiger partial charge in [-0.15, -0.1) is 0 Å². The Balaban J connectivity index is 2.04. The van der Waals surface area contributed by atoms with Gasteiger partial charge in [-0.05, 0) is 33.2 Å². The molecule has 0 radical (unpaired) electrons. The normalized spacial score (nSPS) is 19.8. The predicted octanol–water partition coefficient (Wildman–Crippen LogP) is 1.51. The summed E-state index contributed by atoms with van der Waals surface area (Å²) in [6, 6.07) is 4.72. The van der Waals surface area contributed by atoms with Crippen LogP contribution in [0.1, 0.15) is 34.7 Å². The topological polar surface area (TPSA) is 108 Å². The predicted molar refractivity (Wildman–Crippen MR) is 116 cm³/mol. The van der Waals surface area contributed by atoms with Crippen LogP contribution >= 0.6 is 0 Å². The maximum absolute atomic E-state index is 13.4. The summed E-state index contributed by atoms with van der Waals surface area (Å²) in [7, 11) is 3.91. The molecule has 3 atom stereocenters. The number of carbonyl (C=O) groups is 2. The van der Waals surface area contributed by atoms with Gasteiger partial charge in [-0.25, -0.2) is 4.98 Å². The molecule has 0 unspecified atom stereocenters. The minimum absolute atomic E-state index is 0.00255. The van der Waals surface area contributed by atoms with Crippen LogP contribution in [0.25, 0.3) is 0 Å². The fourth-order valence-corrected chi connectivity index (χ4v) is 3.52. The number of fused-ring (bicyclic) bond motifs is 1. The van der Waals surface area contributed by atoms with Crippen LogP contribution in [-0.4, -0.2) is 82.6 Å². The van der Waals surface area contributed by atoms with Gasteiger partial charge in [0.05, 0.1) is 30.1 Å². The van der Waals surface area contributed by atoms with Gasteiger partial charge in [-0.1, -0.05) is 13.0 Å². The van der Waals surface area contributed by atoms with Crippen molar-refractivity contribution in [2.75, 3.05) is 39.1 Å². The molecule has 3 rings (SSSR count). The zero-order valence-electron chi connectivity index (χ0n) is 18.3. The first-order chi connectivity index (χ1) is 14.8. The van der Waals surface area contributed by atoms with Crippen LogP contribution < -0.4 is 10.1 Å². The molecule has 2 aromatic rings. The number of carbonyl (C=O) groups excluding carboxylic acids is 2. The summed E-state index contributed by atoms with van der Waals surface area (Å²) in [6.07, 6.45) is 4.06. The zero-order chi connectivity index (χ0) is 22.5. The number of aliphatic hydroxyl groups is 1. The minimum atomic E-state index is -0.447. The van der Waals surface area contributed by atoms with Crippen LogP contribution in [0, 0.1) is 5.92 Å². The number of ether oxygens (including phenoxy) is 1. The zero-order valence-corrected chi connectivity index (χ0v) is 18.3. The highest BCUT2D eigenvalue weighted by Gasteiger charge is 2.34. The Morgan fingerprint density at radius 3 is 2.81 bits per heavy atom. The van der Waals surface area contributed by atoms with Crippen molar-refractivity contribution in [1.29, 1.82) is 0 Å². The molecule has 0 saturated carbocycles. The van der Waals surface area contributed by atoms with Crippen LogP contribution in [-0.2, 0) is 0 Å². The van der Waals surface area contributed by atoms with Gasteiger partial charge in [0.25, 0.3) is 11.8 Å². The first-order valence-electron chi connectivity index (χ1n) is 10.2. The van der Waals surface area contributed by atoms with E-state index >= 15 is 0 Å². The van der Waals surface area contributed by atoms with Crippen molar-refractivity contribution < 1.29 is 19.4 Å². The van der Waals surface area contributed by atoms with E-state index in [4.69, 9.17) is 4.74 Å². The van der Waals surface area contributed by atoms with Gasteiger partial charge in [0.1, 0.15) is 11.8 Å². The molecular formula is C22H29N5O4. The molecule has 2 amide bonds. The molecule has 1 aromatic carbocycles. The molecule has 1 aliphatic heterocycles. The van der Waals surface area contributed by atoms with Crippen molar-refractivity contribution in [1.82, 2.24) is 19.8 Å². The van der Waals surface area contributed by atoms with Gasteiger partial charge >= 0.3 is 0 Å². The van der Waals surface area contributed by atoms with Gasteiger partial charge in [-0.2, -0.15) is 0 Å². The molecule has 0 bridgehead atoms. The first-order valence-corrected chi connectivity index (χ1v) is 10.2. The monoisotopic (exact) mass is 427 g/mol. The maximum atomic E-state index is 13.4. The number of hydrogen-bond donors (Lipinski definition) is 2. The van der Waals surface area contributed by atoms with Crippen LogP contribution in [0.5, 0.6) is 5.75 Å². The van der Waals surface area contributed by atoms with Crippen molar-refractivity contribution in [3.8, 4) is 5.75 Å². The Bertz CT molecular complexity index is 921. The number of para-hydroxylation sites is 1. The number of nitrogens with zero attached hydrogens (tertiary/aromatic N) is 4. The number of amides is 2. The molecule has 0 saturated heterocycles. The van der Waals surface area contributed by atoms with Gasteiger partial charge in [0, 0.05) is 31.4 Å². The lowest BCUT2D eigenvalue weighted by Gasteiger charge is -2.38. The van der Waals surface area contributed by atoms with Crippen molar-refractivity contribution in [2.24, 2.45) is 5.92 Å². The van der Waals surface area contributed by atoms with E-state index in [9.17, 15) is 14.7 Å². The van der Waals surface area contributed by atoms with E-state index in [2.05, 4.69) is 15.3 Å². The number of rotatable bonds is 6.